The molecule has 0 aliphatic heterocycles. The summed E-state index contributed by atoms with van der Waals surface area (Å²) in [6, 6.07) is 5.47. The Morgan fingerprint density at radius 2 is 2.06 bits per heavy atom. The lowest BCUT2D eigenvalue weighted by Gasteiger charge is -2.04. The minimum Gasteiger partial charge on any atom is -0.294 e. The number of rotatable bonds is 3. The van der Waals surface area contributed by atoms with Gasteiger partial charge in [-0.25, -0.2) is 0 Å². The van der Waals surface area contributed by atoms with E-state index < -0.39 is 0 Å². The van der Waals surface area contributed by atoms with Crippen LogP contribution in [0.4, 0.5) is 0 Å². The van der Waals surface area contributed by atoms with Crippen molar-refractivity contribution in [3.63, 3.8) is 0 Å². The second kappa shape index (κ2) is 5.35. The van der Waals surface area contributed by atoms with Crippen LogP contribution in [0.15, 0.2) is 28.9 Å². The first kappa shape index (κ1) is 12.8. The normalized spacial score (nSPS) is 10.4. The van der Waals surface area contributed by atoms with Crippen LogP contribution in [0.1, 0.15) is 27.4 Å². The molecule has 0 saturated heterocycles. The summed E-state index contributed by atoms with van der Waals surface area (Å²) in [5.41, 5.74) is 2.76. The summed E-state index contributed by atoms with van der Waals surface area (Å²) in [7, 11) is 0. The van der Waals surface area contributed by atoms with Crippen molar-refractivity contribution in [1.82, 2.24) is 15.2 Å². The highest BCUT2D eigenvalue weighted by Gasteiger charge is 2.12. The number of ketones is 1. The molecule has 2 heterocycles. The lowest BCUT2D eigenvalue weighted by Crippen LogP contribution is -2.09. The monoisotopic (exact) mass is 305 g/mol. The summed E-state index contributed by atoms with van der Waals surface area (Å²) in [6.07, 6.45) is 1.96. The van der Waals surface area contributed by atoms with Gasteiger partial charge in [-0.1, -0.05) is 0 Å². The Bertz CT molecular complexity index is 581. The minimum atomic E-state index is 0.0142. The Balaban J connectivity index is 2.21. The van der Waals surface area contributed by atoms with Gasteiger partial charge in [0.1, 0.15) is 0 Å². The highest BCUT2D eigenvalue weighted by molar-refractivity contribution is 9.10. The first-order valence-corrected chi connectivity index (χ1v) is 6.30. The summed E-state index contributed by atoms with van der Waals surface area (Å²) >= 11 is 3.31. The Hall–Kier alpha value is -1.62. The number of hydrogen-bond acceptors (Lipinski definition) is 4. The maximum atomic E-state index is 12.2. The van der Waals surface area contributed by atoms with Crippen molar-refractivity contribution in [2.24, 2.45) is 0 Å². The van der Waals surface area contributed by atoms with E-state index in [0.29, 0.717) is 11.3 Å². The molecule has 4 nitrogen and oxygen atoms in total. The van der Waals surface area contributed by atoms with Crippen LogP contribution in [-0.4, -0.2) is 21.0 Å². The highest BCUT2D eigenvalue weighted by Crippen LogP contribution is 2.12. The van der Waals surface area contributed by atoms with E-state index >= 15 is 0 Å². The fraction of sp³-hybridized carbons (Fsp3) is 0.231. The molecule has 2 aromatic rings. The molecular formula is C13H12BrN3O. The van der Waals surface area contributed by atoms with Crippen molar-refractivity contribution in [1.29, 1.82) is 0 Å². The Morgan fingerprint density at radius 1 is 1.28 bits per heavy atom. The fourth-order valence-corrected chi connectivity index (χ4v) is 1.84. The number of aromatic nitrogens is 3. The highest BCUT2D eigenvalue weighted by atomic mass is 79.9. The molecule has 0 saturated carbocycles. The number of aryl methyl sites for hydroxylation is 2. The average molecular weight is 306 g/mol. The average Bonchev–Trinajstić information content (AvgIpc) is 2.35. The van der Waals surface area contributed by atoms with E-state index in [1.54, 1.807) is 19.2 Å². The third-order valence-corrected chi connectivity index (χ3v) is 3.00. The topological polar surface area (TPSA) is 55.7 Å². The van der Waals surface area contributed by atoms with Crippen LogP contribution in [0.2, 0.25) is 0 Å². The molecule has 0 amide bonds. The first-order valence-electron chi connectivity index (χ1n) is 5.51. The number of carbonyl (C=O) groups is 1. The molecule has 0 unspecified atom stereocenters. The van der Waals surface area contributed by atoms with Gasteiger partial charge < -0.3 is 0 Å². The second-order valence-electron chi connectivity index (χ2n) is 4.05. The molecule has 0 spiro atoms. The zero-order chi connectivity index (χ0) is 13.1. The van der Waals surface area contributed by atoms with Gasteiger partial charge in [0.05, 0.1) is 17.8 Å². The molecule has 5 heteroatoms. The van der Waals surface area contributed by atoms with E-state index in [9.17, 15) is 4.79 Å². The fourth-order valence-electron chi connectivity index (χ4n) is 1.60. The van der Waals surface area contributed by atoms with Crippen molar-refractivity contribution in [3.8, 4) is 0 Å². The van der Waals surface area contributed by atoms with Gasteiger partial charge in [0.25, 0.3) is 0 Å². The van der Waals surface area contributed by atoms with Crippen molar-refractivity contribution in [3.05, 3.63) is 51.5 Å². The molecule has 2 rings (SSSR count). The van der Waals surface area contributed by atoms with Crippen LogP contribution in [0.5, 0.6) is 0 Å². The number of hydrogen-bond donors (Lipinski definition) is 0. The number of pyridine rings is 1. The van der Waals surface area contributed by atoms with Crippen LogP contribution >= 0.6 is 15.9 Å². The summed E-state index contributed by atoms with van der Waals surface area (Å²) in [5.74, 6) is 0.0142. The molecular weight excluding hydrogens is 294 g/mol. The molecule has 0 aliphatic rings. The SMILES string of the molecule is Cc1cc(C(=O)Cc2ccc(Br)cn2)c(C)nn1. The van der Waals surface area contributed by atoms with Gasteiger partial charge >= 0.3 is 0 Å². The summed E-state index contributed by atoms with van der Waals surface area (Å²) in [5, 5.41) is 7.87. The maximum absolute atomic E-state index is 12.2. The van der Waals surface area contributed by atoms with Gasteiger partial charge in [-0.2, -0.15) is 10.2 Å². The molecule has 92 valence electrons. The first-order chi connectivity index (χ1) is 8.56. The molecule has 0 N–H and O–H groups in total. The number of halogens is 1. The number of nitrogens with zero attached hydrogens (tertiary/aromatic N) is 3. The van der Waals surface area contributed by atoms with Crippen LogP contribution < -0.4 is 0 Å². The predicted molar refractivity (Wildman–Crippen MR) is 71.5 cm³/mol. The third-order valence-electron chi connectivity index (χ3n) is 2.53. The summed E-state index contributed by atoms with van der Waals surface area (Å²) in [4.78, 5) is 16.3. The number of carbonyl (C=O) groups excluding carboxylic acids is 1. The summed E-state index contributed by atoms with van der Waals surface area (Å²) < 4.78 is 0.899. The van der Waals surface area contributed by atoms with Crippen LogP contribution in [0, 0.1) is 13.8 Å². The molecule has 2 aromatic heterocycles. The van der Waals surface area contributed by atoms with E-state index in [0.717, 1.165) is 15.9 Å². The van der Waals surface area contributed by atoms with Gasteiger partial charge in [0.2, 0.25) is 0 Å². The van der Waals surface area contributed by atoms with Crippen molar-refractivity contribution in [2.75, 3.05) is 0 Å². The van der Waals surface area contributed by atoms with E-state index in [1.165, 1.54) is 0 Å². The summed E-state index contributed by atoms with van der Waals surface area (Å²) in [6.45, 7) is 3.61. The predicted octanol–water partition coefficient (Wildman–Crippen LogP) is 2.68. The zero-order valence-corrected chi connectivity index (χ0v) is 11.7. The van der Waals surface area contributed by atoms with Crippen molar-refractivity contribution in [2.45, 2.75) is 20.3 Å². The lowest BCUT2D eigenvalue weighted by molar-refractivity contribution is 0.0990. The molecule has 0 bridgehead atoms. The van der Waals surface area contributed by atoms with Gasteiger partial charge in [-0.15, -0.1) is 0 Å². The van der Waals surface area contributed by atoms with E-state index in [-0.39, 0.29) is 12.2 Å². The van der Waals surface area contributed by atoms with E-state index in [2.05, 4.69) is 31.1 Å². The Morgan fingerprint density at radius 3 is 2.72 bits per heavy atom. The lowest BCUT2D eigenvalue weighted by atomic mass is 10.1. The van der Waals surface area contributed by atoms with Gasteiger partial charge in [-0.3, -0.25) is 9.78 Å². The van der Waals surface area contributed by atoms with Crippen molar-refractivity contribution >= 4 is 21.7 Å². The van der Waals surface area contributed by atoms with Crippen LogP contribution in [0.3, 0.4) is 0 Å². The van der Waals surface area contributed by atoms with Gasteiger partial charge in [-0.05, 0) is 48.0 Å². The maximum Gasteiger partial charge on any atom is 0.170 e. The Kier molecular flexibility index (Phi) is 3.81. The molecule has 18 heavy (non-hydrogen) atoms. The molecule has 0 radical (unpaired) electrons. The largest absolute Gasteiger partial charge is 0.294 e. The van der Waals surface area contributed by atoms with Crippen molar-refractivity contribution < 1.29 is 4.79 Å². The molecule has 0 fully saturated rings. The van der Waals surface area contributed by atoms with E-state index in [4.69, 9.17) is 0 Å². The third kappa shape index (κ3) is 2.98. The zero-order valence-electron chi connectivity index (χ0n) is 10.1. The Labute approximate surface area is 114 Å². The molecule has 0 aliphatic carbocycles. The minimum absolute atomic E-state index is 0.0142. The van der Waals surface area contributed by atoms with E-state index in [1.807, 2.05) is 19.1 Å². The second-order valence-corrected chi connectivity index (χ2v) is 4.97. The smallest absolute Gasteiger partial charge is 0.170 e. The standard InChI is InChI=1S/C13H12BrN3O/c1-8-5-12(9(2)17-16-8)13(18)6-11-4-3-10(14)7-15-11/h3-5,7H,6H2,1-2H3. The van der Waals surface area contributed by atoms with Crippen LogP contribution in [0.25, 0.3) is 0 Å². The van der Waals surface area contributed by atoms with Gasteiger partial charge in [0.15, 0.2) is 5.78 Å². The number of Topliss-reactive ketones (excluding diaryl/α,β-unsaturated/α-hetero) is 1. The molecule has 0 aromatic carbocycles. The quantitative estimate of drug-likeness (QED) is 0.818. The van der Waals surface area contributed by atoms with Crippen LogP contribution in [-0.2, 0) is 6.42 Å². The van der Waals surface area contributed by atoms with Gasteiger partial charge in [0, 0.05) is 21.9 Å². The molecule has 0 atom stereocenters.